The number of aromatic nitrogens is 2. The lowest BCUT2D eigenvalue weighted by Crippen LogP contribution is -2.59. The molecule has 4 N–H and O–H groups in total. The van der Waals surface area contributed by atoms with Crippen molar-refractivity contribution in [1.29, 1.82) is 0 Å². The standard InChI is InChI=1S/C34H42ClN7O6/c1-33(2,3)28(40-29(44)22-12-21(22)25-15-37-17-38-25)32(47)42-16-34(13-24(41-48-34)19-6-5-7-20(35)11-19)14-26(42)30(45)39-23(10-18-8-9-18)27(43)31(46)36-4/h5-7,11,15,17-18,21-23,26,28H,8-10,12-14,16H2,1-4H3,(H,36,46)(H,37,38)(H,39,45)(H,40,44)/t21-,22-,23-,26-,28+,34+/m0/s1. The van der Waals surface area contributed by atoms with E-state index >= 15 is 0 Å². The van der Waals surface area contributed by atoms with Crippen LogP contribution < -0.4 is 16.0 Å². The van der Waals surface area contributed by atoms with Crippen molar-refractivity contribution in [3.8, 4) is 0 Å². The summed E-state index contributed by atoms with van der Waals surface area (Å²) in [7, 11) is 1.37. The van der Waals surface area contributed by atoms with Gasteiger partial charge in [0, 0.05) is 54.2 Å². The molecule has 6 rings (SSSR count). The Labute approximate surface area is 284 Å². The van der Waals surface area contributed by atoms with Crippen LogP contribution in [0.1, 0.15) is 76.5 Å². The number of carbonyl (C=O) groups excluding carboxylic acids is 5. The second-order valence-electron chi connectivity index (χ2n) is 14.6. The molecule has 4 amide bonds. The minimum atomic E-state index is -1.05. The van der Waals surface area contributed by atoms with Gasteiger partial charge in [-0.2, -0.15) is 0 Å². The van der Waals surface area contributed by atoms with Gasteiger partial charge in [-0.3, -0.25) is 24.0 Å². The number of H-pyrrole nitrogens is 1. The maximum absolute atomic E-state index is 14.6. The average Bonchev–Trinajstić information content (AvgIpc) is 3.88. The summed E-state index contributed by atoms with van der Waals surface area (Å²) in [6.45, 7) is 5.60. The van der Waals surface area contributed by atoms with E-state index in [0.717, 1.165) is 24.1 Å². The Bertz CT molecular complexity index is 1630. The number of oxime groups is 1. The molecule has 13 nitrogen and oxygen atoms in total. The number of aromatic amines is 1. The Morgan fingerprint density at radius 3 is 2.56 bits per heavy atom. The number of carbonyl (C=O) groups is 5. The molecule has 1 spiro atoms. The Morgan fingerprint density at radius 1 is 1.15 bits per heavy atom. The number of nitrogens with one attached hydrogen (secondary N) is 4. The SMILES string of the molecule is CNC(=O)C(=O)[C@H](CC1CC1)NC(=O)[C@@H]1C[C@]2(CC(c3cccc(Cl)c3)=NO2)CN1C(=O)[C@@H](NC(=O)[C@H]1C[C@@H]1c1cnc[nH]1)C(C)(C)C. The molecule has 6 atom stereocenters. The maximum atomic E-state index is 14.6. The predicted octanol–water partition coefficient (Wildman–Crippen LogP) is 2.46. The maximum Gasteiger partial charge on any atom is 0.289 e. The predicted molar refractivity (Wildman–Crippen MR) is 176 cm³/mol. The molecular formula is C34H42ClN7O6. The van der Waals surface area contributed by atoms with Gasteiger partial charge in [0.05, 0.1) is 24.6 Å². The van der Waals surface area contributed by atoms with Crippen molar-refractivity contribution in [1.82, 2.24) is 30.8 Å². The van der Waals surface area contributed by atoms with E-state index in [1.807, 2.05) is 32.9 Å². The first kappa shape index (κ1) is 33.6. The fourth-order valence-electron chi connectivity index (χ4n) is 6.78. The third-order valence-electron chi connectivity index (χ3n) is 9.78. The summed E-state index contributed by atoms with van der Waals surface area (Å²) in [5.41, 5.74) is 0.521. The summed E-state index contributed by atoms with van der Waals surface area (Å²) in [6.07, 6.45) is 6.47. The first-order valence-electron chi connectivity index (χ1n) is 16.4. The highest BCUT2D eigenvalue weighted by Gasteiger charge is 2.56. The van der Waals surface area contributed by atoms with Crippen molar-refractivity contribution in [2.75, 3.05) is 13.6 Å². The lowest BCUT2D eigenvalue weighted by atomic mass is 9.85. The number of imidazole rings is 1. The van der Waals surface area contributed by atoms with Gasteiger partial charge in [0.2, 0.25) is 23.5 Å². The second-order valence-corrected chi connectivity index (χ2v) is 15.1. The number of hydrogen-bond acceptors (Lipinski definition) is 8. The van der Waals surface area contributed by atoms with Crippen LogP contribution in [-0.4, -0.2) is 87.3 Å². The summed E-state index contributed by atoms with van der Waals surface area (Å²) in [6, 6.07) is 4.15. The van der Waals surface area contributed by atoms with Crippen LogP contribution in [0.5, 0.6) is 0 Å². The van der Waals surface area contributed by atoms with E-state index in [1.165, 1.54) is 11.9 Å². The van der Waals surface area contributed by atoms with Crippen LogP contribution in [0.4, 0.5) is 0 Å². The first-order valence-corrected chi connectivity index (χ1v) is 16.8. The molecule has 0 unspecified atom stereocenters. The van der Waals surface area contributed by atoms with E-state index in [0.29, 0.717) is 30.0 Å². The third kappa shape index (κ3) is 7.11. The van der Waals surface area contributed by atoms with Gasteiger partial charge in [-0.1, -0.05) is 62.5 Å². The van der Waals surface area contributed by atoms with Crippen molar-refractivity contribution in [3.05, 3.63) is 53.1 Å². The number of ketones is 1. The van der Waals surface area contributed by atoms with Crippen molar-refractivity contribution in [2.24, 2.45) is 22.4 Å². The Kier molecular flexibility index (Phi) is 9.10. The summed E-state index contributed by atoms with van der Waals surface area (Å²) in [4.78, 5) is 82.1. The summed E-state index contributed by atoms with van der Waals surface area (Å²) >= 11 is 6.24. The van der Waals surface area contributed by atoms with Gasteiger partial charge < -0.3 is 30.7 Å². The second kappa shape index (κ2) is 13.0. The smallest absolute Gasteiger partial charge is 0.289 e. The van der Waals surface area contributed by atoms with Crippen LogP contribution in [0.25, 0.3) is 0 Å². The number of halogens is 1. The average molecular weight is 680 g/mol. The highest BCUT2D eigenvalue weighted by molar-refractivity contribution is 6.38. The summed E-state index contributed by atoms with van der Waals surface area (Å²) in [5, 5.41) is 13.0. The fraction of sp³-hybridized carbons (Fsp3) is 0.559. The number of likely N-dealkylation sites (N-methyl/N-ethyl adjacent to an activating group) is 1. The largest absolute Gasteiger partial charge is 0.387 e. The molecular weight excluding hydrogens is 638 g/mol. The number of Topliss-reactive ketones (excluding diaryl/α,β-unsaturated/α-hetero) is 1. The molecule has 48 heavy (non-hydrogen) atoms. The fourth-order valence-corrected chi connectivity index (χ4v) is 6.97. The monoisotopic (exact) mass is 679 g/mol. The highest BCUT2D eigenvalue weighted by atomic mass is 35.5. The number of rotatable bonds is 11. The lowest BCUT2D eigenvalue weighted by Gasteiger charge is -2.35. The Balaban J connectivity index is 1.25. The Hall–Kier alpha value is -4.26. The molecule has 4 aliphatic rings. The minimum Gasteiger partial charge on any atom is -0.387 e. The normalized spacial score (nSPS) is 25.9. The van der Waals surface area contributed by atoms with E-state index in [1.54, 1.807) is 24.7 Å². The molecule has 14 heteroatoms. The molecule has 2 aliphatic carbocycles. The van der Waals surface area contributed by atoms with Gasteiger partial charge in [0.1, 0.15) is 12.1 Å². The summed E-state index contributed by atoms with van der Waals surface area (Å²) < 4.78 is 0. The third-order valence-corrected chi connectivity index (χ3v) is 10.0. The van der Waals surface area contributed by atoms with Gasteiger partial charge in [-0.05, 0) is 36.3 Å². The van der Waals surface area contributed by atoms with E-state index in [-0.39, 0.29) is 36.6 Å². The van der Waals surface area contributed by atoms with E-state index in [4.69, 9.17) is 16.4 Å². The number of nitrogens with zero attached hydrogens (tertiary/aromatic N) is 3. The van der Waals surface area contributed by atoms with Crippen LogP contribution in [0.15, 0.2) is 41.9 Å². The zero-order chi connectivity index (χ0) is 34.4. The van der Waals surface area contributed by atoms with Crippen molar-refractivity contribution in [2.45, 2.75) is 88.9 Å². The van der Waals surface area contributed by atoms with Gasteiger partial charge in [-0.15, -0.1) is 0 Å². The minimum absolute atomic E-state index is 0.00740. The van der Waals surface area contributed by atoms with E-state index in [9.17, 15) is 24.0 Å². The lowest BCUT2D eigenvalue weighted by molar-refractivity contribution is -0.145. The molecule has 1 aromatic heterocycles. The van der Waals surface area contributed by atoms with Crippen LogP contribution in [-0.2, 0) is 28.8 Å². The molecule has 0 radical (unpaired) electrons. The topological polar surface area (TPSA) is 175 Å². The van der Waals surface area contributed by atoms with Gasteiger partial charge in [0.15, 0.2) is 5.60 Å². The number of benzene rings is 1. The molecule has 3 fully saturated rings. The molecule has 0 bridgehead atoms. The molecule has 1 saturated heterocycles. The van der Waals surface area contributed by atoms with Crippen molar-refractivity contribution in [3.63, 3.8) is 0 Å². The van der Waals surface area contributed by atoms with Crippen LogP contribution >= 0.6 is 11.6 Å². The number of hydrogen-bond donors (Lipinski definition) is 4. The van der Waals surface area contributed by atoms with Crippen LogP contribution in [0.3, 0.4) is 0 Å². The number of amides is 4. The highest BCUT2D eigenvalue weighted by Crippen LogP contribution is 2.47. The molecule has 2 aromatic rings. The van der Waals surface area contributed by atoms with E-state index < -0.39 is 52.6 Å². The van der Waals surface area contributed by atoms with Crippen molar-refractivity contribution < 1.29 is 28.8 Å². The van der Waals surface area contributed by atoms with Gasteiger partial charge in [0.25, 0.3) is 5.91 Å². The Morgan fingerprint density at radius 2 is 1.92 bits per heavy atom. The molecule has 1 aromatic carbocycles. The van der Waals surface area contributed by atoms with Gasteiger partial charge >= 0.3 is 0 Å². The zero-order valence-electron chi connectivity index (χ0n) is 27.5. The molecule has 2 saturated carbocycles. The molecule has 3 heterocycles. The van der Waals surface area contributed by atoms with Crippen LogP contribution in [0.2, 0.25) is 5.02 Å². The molecule has 256 valence electrons. The molecule has 2 aliphatic heterocycles. The van der Waals surface area contributed by atoms with Gasteiger partial charge in [-0.25, -0.2) is 4.98 Å². The zero-order valence-corrected chi connectivity index (χ0v) is 28.3. The summed E-state index contributed by atoms with van der Waals surface area (Å²) in [5.74, 6) is -2.86. The first-order chi connectivity index (χ1) is 22.8. The number of likely N-dealkylation sites (tertiary alicyclic amines) is 1. The van der Waals surface area contributed by atoms with E-state index in [2.05, 4.69) is 31.1 Å². The van der Waals surface area contributed by atoms with Crippen molar-refractivity contribution >= 4 is 46.7 Å². The van der Waals surface area contributed by atoms with Crippen LogP contribution in [0, 0.1) is 17.3 Å². The quantitative estimate of drug-likeness (QED) is 0.264.